The maximum atomic E-state index is 12.0. The van der Waals surface area contributed by atoms with Crippen molar-refractivity contribution in [2.75, 3.05) is 37.0 Å². The van der Waals surface area contributed by atoms with Crippen LogP contribution in [0.1, 0.15) is 19.3 Å². The summed E-state index contributed by atoms with van der Waals surface area (Å²) in [6.45, 7) is 3.50. The predicted octanol–water partition coefficient (Wildman–Crippen LogP) is 2.74. The summed E-state index contributed by atoms with van der Waals surface area (Å²) in [6, 6.07) is 10.4. The largest absolute Gasteiger partial charge is 0.368 e. The molecule has 3 nitrogen and oxygen atoms in total. The van der Waals surface area contributed by atoms with Crippen LogP contribution in [-0.4, -0.2) is 42.9 Å². The molecule has 0 saturated carbocycles. The SMILES string of the molecule is O=C(CCCCCl)N1CCN(c2ccccc2)CC1. The molecule has 1 aromatic rings. The van der Waals surface area contributed by atoms with Gasteiger partial charge in [0.15, 0.2) is 0 Å². The van der Waals surface area contributed by atoms with Crippen molar-refractivity contribution in [3.63, 3.8) is 0 Å². The Morgan fingerprint density at radius 3 is 2.37 bits per heavy atom. The number of carbonyl (C=O) groups excluding carboxylic acids is 1. The minimum absolute atomic E-state index is 0.276. The lowest BCUT2D eigenvalue weighted by Crippen LogP contribution is -2.48. The van der Waals surface area contributed by atoms with Crippen LogP contribution >= 0.6 is 11.6 Å². The number of hydrogen-bond donors (Lipinski definition) is 0. The van der Waals surface area contributed by atoms with Crippen LogP contribution in [0.2, 0.25) is 0 Å². The summed E-state index contributed by atoms with van der Waals surface area (Å²) >= 11 is 5.63. The number of rotatable bonds is 5. The molecule has 0 aliphatic carbocycles. The van der Waals surface area contributed by atoms with Crippen molar-refractivity contribution in [2.24, 2.45) is 0 Å². The second-order valence-electron chi connectivity index (χ2n) is 4.85. The number of nitrogens with zero attached hydrogens (tertiary/aromatic N) is 2. The minimum atomic E-state index is 0.276. The van der Waals surface area contributed by atoms with E-state index in [1.807, 2.05) is 11.0 Å². The molecule has 1 aliphatic rings. The summed E-state index contributed by atoms with van der Waals surface area (Å²) in [5.41, 5.74) is 1.25. The number of benzene rings is 1. The van der Waals surface area contributed by atoms with Crippen molar-refractivity contribution < 1.29 is 4.79 Å². The van der Waals surface area contributed by atoms with Gasteiger partial charge < -0.3 is 9.80 Å². The molecule has 0 unspecified atom stereocenters. The Hall–Kier alpha value is -1.22. The standard InChI is InChI=1S/C15H21ClN2O/c16-9-5-4-8-15(19)18-12-10-17(11-13-18)14-6-2-1-3-7-14/h1-3,6-7H,4-5,8-13H2. The minimum Gasteiger partial charge on any atom is -0.368 e. The second kappa shape index (κ2) is 7.39. The maximum absolute atomic E-state index is 12.0. The fraction of sp³-hybridized carbons (Fsp3) is 0.533. The molecule has 0 N–H and O–H groups in total. The summed E-state index contributed by atoms with van der Waals surface area (Å²) in [4.78, 5) is 16.3. The zero-order valence-electron chi connectivity index (χ0n) is 11.2. The molecule has 1 saturated heterocycles. The van der Waals surface area contributed by atoms with Crippen LogP contribution < -0.4 is 4.90 Å². The van der Waals surface area contributed by atoms with E-state index in [9.17, 15) is 4.79 Å². The van der Waals surface area contributed by atoms with Gasteiger partial charge in [-0.25, -0.2) is 0 Å². The van der Waals surface area contributed by atoms with E-state index in [2.05, 4.69) is 29.2 Å². The van der Waals surface area contributed by atoms with Crippen molar-refractivity contribution in [1.82, 2.24) is 4.90 Å². The van der Waals surface area contributed by atoms with Crippen LogP contribution in [0.5, 0.6) is 0 Å². The number of amides is 1. The number of carbonyl (C=O) groups is 1. The smallest absolute Gasteiger partial charge is 0.222 e. The van der Waals surface area contributed by atoms with Gasteiger partial charge >= 0.3 is 0 Å². The highest BCUT2D eigenvalue weighted by molar-refractivity contribution is 6.17. The average molecular weight is 281 g/mol. The Labute approximate surface area is 120 Å². The Balaban J connectivity index is 1.77. The molecule has 0 atom stereocenters. The molecule has 1 aromatic carbocycles. The Bertz CT molecular complexity index is 388. The normalized spacial score (nSPS) is 15.6. The van der Waals surface area contributed by atoms with E-state index in [1.54, 1.807) is 0 Å². The fourth-order valence-electron chi connectivity index (χ4n) is 2.38. The second-order valence-corrected chi connectivity index (χ2v) is 5.23. The van der Waals surface area contributed by atoms with Gasteiger partial charge in [-0.05, 0) is 25.0 Å². The molecule has 19 heavy (non-hydrogen) atoms. The lowest BCUT2D eigenvalue weighted by molar-refractivity contribution is -0.131. The van der Waals surface area contributed by atoms with Gasteiger partial charge in [0.05, 0.1) is 0 Å². The maximum Gasteiger partial charge on any atom is 0.222 e. The lowest BCUT2D eigenvalue weighted by Gasteiger charge is -2.36. The summed E-state index contributed by atoms with van der Waals surface area (Å²) in [5, 5.41) is 0. The third-order valence-corrected chi connectivity index (χ3v) is 3.80. The topological polar surface area (TPSA) is 23.6 Å². The Morgan fingerprint density at radius 1 is 1.05 bits per heavy atom. The Kier molecular flexibility index (Phi) is 5.52. The number of unbranched alkanes of at least 4 members (excludes halogenated alkanes) is 1. The first kappa shape index (κ1) is 14.2. The van der Waals surface area contributed by atoms with Gasteiger partial charge in [-0.3, -0.25) is 4.79 Å². The number of alkyl halides is 1. The van der Waals surface area contributed by atoms with E-state index in [0.717, 1.165) is 39.0 Å². The number of anilines is 1. The van der Waals surface area contributed by atoms with Crippen molar-refractivity contribution in [3.05, 3.63) is 30.3 Å². The molecule has 1 fully saturated rings. The van der Waals surface area contributed by atoms with Crippen LogP contribution in [0.4, 0.5) is 5.69 Å². The van der Waals surface area contributed by atoms with E-state index < -0.39 is 0 Å². The average Bonchev–Trinajstić information content (AvgIpc) is 2.48. The van der Waals surface area contributed by atoms with Crippen LogP contribution in [0.25, 0.3) is 0 Å². The van der Waals surface area contributed by atoms with Gasteiger partial charge in [-0.1, -0.05) is 18.2 Å². The monoisotopic (exact) mass is 280 g/mol. The predicted molar refractivity (Wildman–Crippen MR) is 79.8 cm³/mol. The highest BCUT2D eigenvalue weighted by Crippen LogP contribution is 2.16. The summed E-state index contributed by atoms with van der Waals surface area (Å²) in [7, 11) is 0. The van der Waals surface area contributed by atoms with E-state index in [-0.39, 0.29) is 5.91 Å². The van der Waals surface area contributed by atoms with E-state index >= 15 is 0 Å². The third-order valence-electron chi connectivity index (χ3n) is 3.53. The quantitative estimate of drug-likeness (QED) is 0.612. The Morgan fingerprint density at radius 2 is 1.74 bits per heavy atom. The molecular formula is C15H21ClN2O. The van der Waals surface area contributed by atoms with Crippen LogP contribution in [-0.2, 0) is 4.79 Å². The zero-order valence-corrected chi connectivity index (χ0v) is 12.0. The molecule has 1 heterocycles. The van der Waals surface area contributed by atoms with Crippen molar-refractivity contribution >= 4 is 23.2 Å². The molecule has 2 rings (SSSR count). The number of hydrogen-bond acceptors (Lipinski definition) is 2. The highest BCUT2D eigenvalue weighted by atomic mass is 35.5. The van der Waals surface area contributed by atoms with Gasteiger partial charge in [-0.15, -0.1) is 11.6 Å². The molecular weight excluding hydrogens is 260 g/mol. The molecule has 1 amide bonds. The number of para-hydroxylation sites is 1. The summed E-state index contributed by atoms with van der Waals surface area (Å²) < 4.78 is 0. The molecule has 104 valence electrons. The number of halogens is 1. The zero-order chi connectivity index (χ0) is 13.5. The molecule has 0 aromatic heterocycles. The summed E-state index contributed by atoms with van der Waals surface area (Å²) in [6.07, 6.45) is 2.47. The van der Waals surface area contributed by atoms with Gasteiger partial charge in [-0.2, -0.15) is 0 Å². The van der Waals surface area contributed by atoms with E-state index in [1.165, 1.54) is 5.69 Å². The van der Waals surface area contributed by atoms with Gasteiger partial charge in [0.25, 0.3) is 0 Å². The van der Waals surface area contributed by atoms with E-state index in [0.29, 0.717) is 12.3 Å². The molecule has 0 radical (unpaired) electrons. The third kappa shape index (κ3) is 4.13. The molecule has 0 spiro atoms. The molecule has 0 bridgehead atoms. The van der Waals surface area contributed by atoms with Crippen molar-refractivity contribution in [3.8, 4) is 0 Å². The van der Waals surface area contributed by atoms with Gasteiger partial charge in [0, 0.05) is 44.2 Å². The lowest BCUT2D eigenvalue weighted by atomic mass is 10.2. The van der Waals surface area contributed by atoms with Crippen molar-refractivity contribution in [2.45, 2.75) is 19.3 Å². The van der Waals surface area contributed by atoms with Crippen molar-refractivity contribution in [1.29, 1.82) is 0 Å². The first-order chi connectivity index (χ1) is 9.31. The fourth-order valence-corrected chi connectivity index (χ4v) is 2.57. The first-order valence-electron chi connectivity index (χ1n) is 6.95. The molecule has 4 heteroatoms. The highest BCUT2D eigenvalue weighted by Gasteiger charge is 2.20. The molecule has 1 aliphatic heterocycles. The summed E-state index contributed by atoms with van der Waals surface area (Å²) in [5.74, 6) is 0.924. The van der Waals surface area contributed by atoms with E-state index in [4.69, 9.17) is 11.6 Å². The van der Waals surface area contributed by atoms with Crippen LogP contribution in [0, 0.1) is 0 Å². The van der Waals surface area contributed by atoms with Crippen LogP contribution in [0.15, 0.2) is 30.3 Å². The van der Waals surface area contributed by atoms with Gasteiger partial charge in [0.1, 0.15) is 0 Å². The first-order valence-corrected chi connectivity index (χ1v) is 7.48. The van der Waals surface area contributed by atoms with Gasteiger partial charge in [0.2, 0.25) is 5.91 Å². The van der Waals surface area contributed by atoms with Crippen LogP contribution in [0.3, 0.4) is 0 Å². The number of piperazine rings is 1.